The maximum atomic E-state index is 4.34. The van der Waals surface area contributed by atoms with Crippen molar-refractivity contribution >= 4 is 16.7 Å². The maximum Gasteiger partial charge on any atom is 0.0973 e. The molecular formula is C13H12N4. The fraction of sp³-hybridized carbons (Fsp3) is 0.0769. The van der Waals surface area contributed by atoms with Crippen LogP contribution in [0.4, 0.5) is 5.69 Å². The Hall–Kier alpha value is -2.36. The predicted molar refractivity (Wildman–Crippen MR) is 67.6 cm³/mol. The molecule has 0 saturated heterocycles. The summed E-state index contributed by atoms with van der Waals surface area (Å²) in [6, 6.07) is 12.0. The standard InChI is InChI=1S/C13H12N4/c1-2-4-13-12(3-1)16-10-17(13)9-15-11-5-7-14-8-6-11/h1-8,10H,9H2,(H,14,15). The monoisotopic (exact) mass is 224 g/mol. The van der Waals surface area contributed by atoms with Crippen molar-refractivity contribution in [2.24, 2.45) is 0 Å². The van der Waals surface area contributed by atoms with Gasteiger partial charge in [0.1, 0.15) is 0 Å². The molecule has 84 valence electrons. The third kappa shape index (κ3) is 1.97. The summed E-state index contributed by atoms with van der Waals surface area (Å²) in [6.07, 6.45) is 5.39. The zero-order chi connectivity index (χ0) is 11.5. The summed E-state index contributed by atoms with van der Waals surface area (Å²) < 4.78 is 2.08. The van der Waals surface area contributed by atoms with Gasteiger partial charge in [0.05, 0.1) is 24.0 Å². The van der Waals surface area contributed by atoms with Crippen molar-refractivity contribution in [2.75, 3.05) is 5.32 Å². The number of nitrogens with one attached hydrogen (secondary N) is 1. The van der Waals surface area contributed by atoms with Crippen LogP contribution in [0.25, 0.3) is 11.0 Å². The second kappa shape index (κ2) is 4.25. The van der Waals surface area contributed by atoms with Crippen LogP contribution >= 0.6 is 0 Å². The molecule has 0 aliphatic rings. The minimum absolute atomic E-state index is 0.699. The maximum absolute atomic E-state index is 4.34. The lowest BCUT2D eigenvalue weighted by atomic mass is 10.3. The van der Waals surface area contributed by atoms with Crippen LogP contribution in [0.3, 0.4) is 0 Å². The first-order chi connectivity index (χ1) is 8.43. The van der Waals surface area contributed by atoms with Crippen LogP contribution in [0.1, 0.15) is 0 Å². The summed E-state index contributed by atoms with van der Waals surface area (Å²) >= 11 is 0. The number of hydrogen-bond acceptors (Lipinski definition) is 3. The summed E-state index contributed by atoms with van der Waals surface area (Å²) in [5.41, 5.74) is 3.20. The smallest absolute Gasteiger partial charge is 0.0973 e. The van der Waals surface area contributed by atoms with Gasteiger partial charge in [-0.1, -0.05) is 12.1 Å². The Balaban J connectivity index is 1.82. The molecule has 4 heteroatoms. The van der Waals surface area contributed by atoms with Gasteiger partial charge >= 0.3 is 0 Å². The molecule has 3 rings (SSSR count). The fourth-order valence-electron chi connectivity index (χ4n) is 1.78. The van der Waals surface area contributed by atoms with Crippen LogP contribution in [0.2, 0.25) is 0 Å². The number of nitrogens with zero attached hydrogens (tertiary/aromatic N) is 3. The van der Waals surface area contributed by atoms with E-state index in [0.717, 1.165) is 16.7 Å². The van der Waals surface area contributed by atoms with Gasteiger partial charge < -0.3 is 9.88 Å². The predicted octanol–water partition coefficient (Wildman–Crippen LogP) is 2.50. The molecule has 0 aliphatic heterocycles. The zero-order valence-electron chi connectivity index (χ0n) is 9.24. The SMILES string of the molecule is c1ccc2c(c1)ncn2CNc1ccncc1. The third-order valence-corrected chi connectivity index (χ3v) is 2.66. The molecule has 0 amide bonds. The molecular weight excluding hydrogens is 212 g/mol. The van der Waals surface area contributed by atoms with E-state index in [1.165, 1.54) is 0 Å². The first-order valence-corrected chi connectivity index (χ1v) is 5.47. The molecule has 0 unspecified atom stereocenters. The number of rotatable bonds is 3. The summed E-state index contributed by atoms with van der Waals surface area (Å²) in [7, 11) is 0. The molecule has 0 atom stereocenters. The average Bonchev–Trinajstić information content (AvgIpc) is 2.81. The molecule has 2 heterocycles. The quantitative estimate of drug-likeness (QED) is 0.743. The second-order valence-corrected chi connectivity index (χ2v) is 3.77. The van der Waals surface area contributed by atoms with Crippen molar-refractivity contribution in [1.82, 2.24) is 14.5 Å². The first-order valence-electron chi connectivity index (χ1n) is 5.47. The van der Waals surface area contributed by atoms with Gasteiger partial charge in [0.25, 0.3) is 0 Å². The molecule has 0 fully saturated rings. The van der Waals surface area contributed by atoms with Gasteiger partial charge in [0.2, 0.25) is 0 Å². The molecule has 0 radical (unpaired) electrons. The number of imidazole rings is 1. The lowest BCUT2D eigenvalue weighted by molar-refractivity contribution is 0.800. The number of benzene rings is 1. The highest BCUT2D eigenvalue weighted by molar-refractivity contribution is 5.75. The molecule has 0 saturated carbocycles. The van der Waals surface area contributed by atoms with Crippen molar-refractivity contribution in [3.63, 3.8) is 0 Å². The van der Waals surface area contributed by atoms with Crippen molar-refractivity contribution in [3.8, 4) is 0 Å². The minimum atomic E-state index is 0.699. The Kier molecular flexibility index (Phi) is 2.46. The highest BCUT2D eigenvalue weighted by atomic mass is 15.1. The van der Waals surface area contributed by atoms with E-state index in [1.54, 1.807) is 12.4 Å². The normalized spacial score (nSPS) is 10.6. The van der Waals surface area contributed by atoms with Gasteiger partial charge in [-0.05, 0) is 24.3 Å². The van der Waals surface area contributed by atoms with Gasteiger partial charge in [-0.2, -0.15) is 0 Å². The first kappa shape index (κ1) is 9.84. The Morgan fingerprint density at radius 1 is 1.06 bits per heavy atom. The molecule has 2 aromatic heterocycles. The van der Waals surface area contributed by atoms with E-state index in [2.05, 4.69) is 25.9 Å². The molecule has 3 aromatic rings. The van der Waals surface area contributed by atoms with Crippen LogP contribution in [-0.2, 0) is 6.67 Å². The number of hydrogen-bond donors (Lipinski definition) is 1. The van der Waals surface area contributed by atoms with E-state index >= 15 is 0 Å². The number of anilines is 1. The van der Waals surface area contributed by atoms with Gasteiger partial charge in [0, 0.05) is 18.1 Å². The third-order valence-electron chi connectivity index (χ3n) is 2.66. The molecule has 0 spiro atoms. The van der Waals surface area contributed by atoms with Crippen LogP contribution in [0.5, 0.6) is 0 Å². The summed E-state index contributed by atoms with van der Waals surface area (Å²) in [6.45, 7) is 0.699. The molecule has 17 heavy (non-hydrogen) atoms. The second-order valence-electron chi connectivity index (χ2n) is 3.77. The number of aromatic nitrogens is 3. The largest absolute Gasteiger partial charge is 0.367 e. The fourth-order valence-corrected chi connectivity index (χ4v) is 1.78. The number of para-hydroxylation sites is 2. The highest BCUT2D eigenvalue weighted by Gasteiger charge is 2.00. The lowest BCUT2D eigenvalue weighted by Crippen LogP contribution is -2.06. The van der Waals surface area contributed by atoms with Crippen LogP contribution in [-0.4, -0.2) is 14.5 Å². The van der Waals surface area contributed by atoms with Gasteiger partial charge in [-0.3, -0.25) is 4.98 Å². The van der Waals surface area contributed by atoms with Gasteiger partial charge in [-0.25, -0.2) is 4.98 Å². The minimum Gasteiger partial charge on any atom is -0.367 e. The molecule has 0 aliphatic carbocycles. The van der Waals surface area contributed by atoms with Crippen LogP contribution < -0.4 is 5.32 Å². The average molecular weight is 224 g/mol. The Labute approximate surface area is 98.9 Å². The van der Waals surface area contributed by atoms with E-state index in [-0.39, 0.29) is 0 Å². The van der Waals surface area contributed by atoms with Crippen molar-refractivity contribution in [3.05, 3.63) is 55.1 Å². The molecule has 4 nitrogen and oxygen atoms in total. The topological polar surface area (TPSA) is 42.7 Å². The van der Waals surface area contributed by atoms with Gasteiger partial charge in [-0.15, -0.1) is 0 Å². The van der Waals surface area contributed by atoms with E-state index in [9.17, 15) is 0 Å². The van der Waals surface area contributed by atoms with Crippen molar-refractivity contribution < 1.29 is 0 Å². The number of pyridine rings is 1. The number of fused-ring (bicyclic) bond motifs is 1. The molecule has 1 aromatic carbocycles. The highest BCUT2D eigenvalue weighted by Crippen LogP contribution is 2.12. The van der Waals surface area contributed by atoms with E-state index in [4.69, 9.17) is 0 Å². The van der Waals surface area contributed by atoms with Crippen LogP contribution in [0.15, 0.2) is 55.1 Å². The summed E-state index contributed by atoms with van der Waals surface area (Å²) in [4.78, 5) is 8.32. The van der Waals surface area contributed by atoms with Crippen LogP contribution in [0, 0.1) is 0 Å². The van der Waals surface area contributed by atoms with Gasteiger partial charge in [0.15, 0.2) is 0 Å². The van der Waals surface area contributed by atoms with E-state index < -0.39 is 0 Å². The Bertz CT molecular complexity index is 615. The van der Waals surface area contributed by atoms with Crippen molar-refractivity contribution in [1.29, 1.82) is 0 Å². The Morgan fingerprint density at radius 2 is 1.88 bits per heavy atom. The van der Waals surface area contributed by atoms with E-state index in [1.807, 2.05) is 36.7 Å². The lowest BCUT2D eigenvalue weighted by Gasteiger charge is -2.07. The molecule has 0 bridgehead atoms. The summed E-state index contributed by atoms with van der Waals surface area (Å²) in [5, 5.41) is 3.32. The summed E-state index contributed by atoms with van der Waals surface area (Å²) in [5.74, 6) is 0. The Morgan fingerprint density at radius 3 is 2.76 bits per heavy atom. The zero-order valence-corrected chi connectivity index (χ0v) is 9.24. The van der Waals surface area contributed by atoms with Crippen molar-refractivity contribution in [2.45, 2.75) is 6.67 Å². The van der Waals surface area contributed by atoms with E-state index in [0.29, 0.717) is 6.67 Å². The molecule has 1 N–H and O–H groups in total.